The molecular formula is C19H16N6O3S. The summed E-state index contributed by atoms with van der Waals surface area (Å²) >= 11 is 1.53. The number of nitrogens with zero attached hydrogens (tertiary/aromatic N) is 2. The summed E-state index contributed by atoms with van der Waals surface area (Å²) in [6.07, 6.45) is 0. The van der Waals surface area contributed by atoms with Crippen molar-refractivity contribution >= 4 is 23.2 Å². The number of hydrogen-bond donors (Lipinski definition) is 4. The number of hydrogen-bond acceptors (Lipinski definition) is 6. The Labute approximate surface area is 169 Å². The van der Waals surface area contributed by atoms with Gasteiger partial charge in [-0.3, -0.25) is 30.6 Å². The summed E-state index contributed by atoms with van der Waals surface area (Å²) in [7, 11) is 1.59. The van der Waals surface area contributed by atoms with Gasteiger partial charge in [0.2, 0.25) is 0 Å². The predicted octanol–water partition coefficient (Wildman–Crippen LogP) is 2.61. The van der Waals surface area contributed by atoms with Crippen molar-refractivity contribution in [3.8, 4) is 27.6 Å². The topological polar surface area (TPSA) is 125 Å². The van der Waals surface area contributed by atoms with Gasteiger partial charge in [0.25, 0.3) is 11.8 Å². The summed E-state index contributed by atoms with van der Waals surface area (Å²) in [4.78, 5) is 25.4. The molecule has 3 heterocycles. The molecule has 146 valence electrons. The number of H-pyrrole nitrogens is 2. The van der Waals surface area contributed by atoms with Crippen molar-refractivity contribution in [1.29, 1.82) is 0 Å². The van der Waals surface area contributed by atoms with Gasteiger partial charge in [-0.05, 0) is 47.8 Å². The highest BCUT2D eigenvalue weighted by molar-refractivity contribution is 7.13. The average molecular weight is 408 g/mol. The quantitative estimate of drug-likeness (QED) is 0.378. The predicted molar refractivity (Wildman–Crippen MR) is 107 cm³/mol. The van der Waals surface area contributed by atoms with Crippen molar-refractivity contribution in [2.75, 3.05) is 7.11 Å². The van der Waals surface area contributed by atoms with Crippen LogP contribution in [0.3, 0.4) is 0 Å². The average Bonchev–Trinajstić information content (AvgIpc) is 3.52. The number of hydrazine groups is 1. The number of methoxy groups -OCH3 is 1. The number of carbonyl (C=O) groups is 2. The van der Waals surface area contributed by atoms with Gasteiger partial charge in [-0.15, -0.1) is 11.3 Å². The molecule has 0 radical (unpaired) electrons. The Morgan fingerprint density at radius 2 is 1.79 bits per heavy atom. The maximum atomic E-state index is 12.3. The van der Waals surface area contributed by atoms with E-state index < -0.39 is 11.8 Å². The second kappa shape index (κ2) is 7.98. The highest BCUT2D eigenvalue weighted by atomic mass is 32.1. The fourth-order valence-electron chi connectivity index (χ4n) is 2.59. The van der Waals surface area contributed by atoms with Crippen molar-refractivity contribution in [2.24, 2.45) is 0 Å². The van der Waals surface area contributed by atoms with Gasteiger partial charge in [0.1, 0.15) is 11.4 Å². The standard InChI is InChI=1S/C19H16N6O3S/c1-28-12-6-4-11(5-7-12)13-9-15(22-20-13)18(26)24-25-19(27)16-10-14(21-23-16)17-3-2-8-29-17/h2-10H,1H3,(H,20,22)(H,21,23)(H,24,26)(H,25,27). The molecule has 0 bridgehead atoms. The van der Waals surface area contributed by atoms with Crippen LogP contribution in [0.4, 0.5) is 0 Å². The van der Waals surface area contributed by atoms with Gasteiger partial charge in [-0.1, -0.05) is 6.07 Å². The van der Waals surface area contributed by atoms with Crippen LogP contribution in [0.5, 0.6) is 5.75 Å². The Kier molecular flexibility index (Phi) is 5.08. The van der Waals surface area contributed by atoms with E-state index in [1.165, 1.54) is 11.3 Å². The van der Waals surface area contributed by atoms with E-state index >= 15 is 0 Å². The molecule has 0 saturated carbocycles. The van der Waals surface area contributed by atoms with E-state index in [1.807, 2.05) is 29.6 Å². The molecule has 0 aliphatic heterocycles. The van der Waals surface area contributed by atoms with Crippen molar-refractivity contribution in [2.45, 2.75) is 0 Å². The summed E-state index contributed by atoms with van der Waals surface area (Å²) in [5, 5.41) is 15.5. The lowest BCUT2D eigenvalue weighted by molar-refractivity contribution is 0.0841. The molecule has 0 spiro atoms. The van der Waals surface area contributed by atoms with Crippen LogP contribution in [-0.4, -0.2) is 39.3 Å². The highest BCUT2D eigenvalue weighted by Crippen LogP contribution is 2.23. The molecule has 29 heavy (non-hydrogen) atoms. The fraction of sp³-hybridized carbons (Fsp3) is 0.0526. The summed E-state index contributed by atoms with van der Waals surface area (Å²) in [6.45, 7) is 0. The molecule has 0 atom stereocenters. The Bertz CT molecular complexity index is 1130. The zero-order valence-electron chi connectivity index (χ0n) is 15.2. The molecule has 4 N–H and O–H groups in total. The van der Waals surface area contributed by atoms with E-state index in [0.29, 0.717) is 5.69 Å². The number of aromatic amines is 2. The molecule has 9 nitrogen and oxygen atoms in total. The molecule has 1 aromatic carbocycles. The Balaban J connectivity index is 1.37. The fourth-order valence-corrected chi connectivity index (χ4v) is 3.28. The number of rotatable bonds is 5. The summed E-state index contributed by atoms with van der Waals surface area (Å²) in [6, 6.07) is 14.3. The first-order valence-corrected chi connectivity index (χ1v) is 9.42. The zero-order valence-corrected chi connectivity index (χ0v) is 16.0. The number of benzene rings is 1. The molecule has 3 aromatic heterocycles. The first-order chi connectivity index (χ1) is 14.1. The number of amides is 2. The number of ether oxygens (including phenoxy) is 1. The van der Waals surface area contributed by atoms with Crippen molar-refractivity contribution < 1.29 is 14.3 Å². The molecule has 0 unspecified atom stereocenters. The first-order valence-electron chi connectivity index (χ1n) is 8.54. The first kappa shape index (κ1) is 18.4. The van der Waals surface area contributed by atoms with Gasteiger partial charge < -0.3 is 4.74 Å². The van der Waals surface area contributed by atoms with Crippen LogP contribution in [0.15, 0.2) is 53.9 Å². The van der Waals surface area contributed by atoms with Gasteiger partial charge in [-0.2, -0.15) is 10.2 Å². The summed E-state index contributed by atoms with van der Waals surface area (Å²) < 4.78 is 5.12. The minimum atomic E-state index is -0.535. The number of nitrogens with one attached hydrogen (secondary N) is 4. The van der Waals surface area contributed by atoms with Crippen LogP contribution < -0.4 is 15.6 Å². The molecule has 0 aliphatic carbocycles. The molecule has 4 rings (SSSR count). The molecule has 0 aliphatic rings. The molecular weight excluding hydrogens is 392 g/mol. The highest BCUT2D eigenvalue weighted by Gasteiger charge is 2.15. The third-order valence-electron chi connectivity index (χ3n) is 4.09. The lowest BCUT2D eigenvalue weighted by atomic mass is 10.1. The van der Waals surface area contributed by atoms with Crippen LogP contribution in [-0.2, 0) is 0 Å². The molecule has 2 amide bonds. The monoisotopic (exact) mass is 408 g/mol. The number of carbonyl (C=O) groups excluding carboxylic acids is 2. The third kappa shape index (κ3) is 4.01. The normalized spacial score (nSPS) is 10.5. The van der Waals surface area contributed by atoms with Crippen LogP contribution in [0.2, 0.25) is 0 Å². The van der Waals surface area contributed by atoms with Crippen molar-refractivity contribution in [1.82, 2.24) is 31.2 Å². The largest absolute Gasteiger partial charge is 0.497 e. The minimum Gasteiger partial charge on any atom is -0.497 e. The lowest BCUT2D eigenvalue weighted by Gasteiger charge is -2.03. The SMILES string of the molecule is COc1ccc(-c2cc(C(=O)NNC(=O)c3cc(-c4cccs4)[nH]n3)[nH]n2)cc1. The van der Waals surface area contributed by atoms with Crippen LogP contribution in [0.1, 0.15) is 21.0 Å². The van der Waals surface area contributed by atoms with Gasteiger partial charge in [0, 0.05) is 5.56 Å². The lowest BCUT2D eigenvalue weighted by Crippen LogP contribution is -2.41. The van der Waals surface area contributed by atoms with Gasteiger partial charge in [0.05, 0.1) is 23.4 Å². The van der Waals surface area contributed by atoms with Crippen LogP contribution >= 0.6 is 11.3 Å². The van der Waals surface area contributed by atoms with Crippen LogP contribution in [0.25, 0.3) is 21.8 Å². The third-order valence-corrected chi connectivity index (χ3v) is 5.00. The second-order valence-electron chi connectivity index (χ2n) is 5.95. The Hall–Kier alpha value is -3.92. The van der Waals surface area contributed by atoms with E-state index in [4.69, 9.17) is 4.74 Å². The molecule has 0 fully saturated rings. The van der Waals surface area contributed by atoms with E-state index in [2.05, 4.69) is 31.2 Å². The second-order valence-corrected chi connectivity index (χ2v) is 6.90. The zero-order chi connectivity index (χ0) is 20.2. The minimum absolute atomic E-state index is 0.164. The smallest absolute Gasteiger partial charge is 0.290 e. The molecule has 10 heteroatoms. The van der Waals surface area contributed by atoms with Gasteiger partial charge in [0.15, 0.2) is 5.69 Å². The molecule has 0 saturated heterocycles. The van der Waals surface area contributed by atoms with Gasteiger partial charge in [-0.25, -0.2) is 0 Å². The van der Waals surface area contributed by atoms with Gasteiger partial charge >= 0.3 is 0 Å². The summed E-state index contributed by atoms with van der Waals surface area (Å²) in [5.74, 6) is -0.336. The Morgan fingerprint density at radius 1 is 1.00 bits per heavy atom. The van der Waals surface area contributed by atoms with E-state index in [0.717, 1.165) is 21.9 Å². The maximum Gasteiger partial charge on any atom is 0.290 e. The maximum absolute atomic E-state index is 12.3. The summed E-state index contributed by atoms with van der Waals surface area (Å²) in [5.41, 5.74) is 7.20. The van der Waals surface area contributed by atoms with Crippen molar-refractivity contribution in [3.63, 3.8) is 0 Å². The Morgan fingerprint density at radius 3 is 2.52 bits per heavy atom. The van der Waals surface area contributed by atoms with Crippen LogP contribution in [0, 0.1) is 0 Å². The van der Waals surface area contributed by atoms with Crippen molar-refractivity contribution in [3.05, 3.63) is 65.3 Å². The van der Waals surface area contributed by atoms with E-state index in [-0.39, 0.29) is 11.4 Å². The number of aromatic nitrogens is 4. The van der Waals surface area contributed by atoms with E-state index in [1.54, 1.807) is 31.4 Å². The molecule has 4 aromatic rings. The number of thiophene rings is 1. The van der Waals surface area contributed by atoms with E-state index in [9.17, 15) is 9.59 Å².